The maximum absolute atomic E-state index is 10.4. The molecule has 92 valence electrons. The Balaban J connectivity index is 1.91. The van der Waals surface area contributed by atoms with Gasteiger partial charge in [0.15, 0.2) is 0 Å². The lowest BCUT2D eigenvalue weighted by atomic mass is 9.94. The molecular weight excluding hydrogens is 210 g/mol. The van der Waals surface area contributed by atoms with E-state index >= 15 is 0 Å². The summed E-state index contributed by atoms with van der Waals surface area (Å²) >= 11 is 0. The molecule has 5 heteroatoms. The van der Waals surface area contributed by atoms with Gasteiger partial charge in [0.25, 0.3) is 0 Å². The normalized spacial score (nSPS) is 34.2. The zero-order valence-electron chi connectivity index (χ0n) is 9.65. The molecule has 1 N–H and O–H groups in total. The van der Waals surface area contributed by atoms with Crippen LogP contribution in [-0.4, -0.2) is 61.0 Å². The van der Waals surface area contributed by atoms with Crippen molar-refractivity contribution in [3.8, 4) is 0 Å². The minimum atomic E-state index is -0.896. The zero-order valence-corrected chi connectivity index (χ0v) is 9.65. The van der Waals surface area contributed by atoms with Crippen LogP contribution in [-0.2, 0) is 14.3 Å². The highest BCUT2D eigenvalue weighted by Gasteiger charge is 2.48. The molecule has 5 nitrogen and oxygen atoms in total. The quantitative estimate of drug-likeness (QED) is 0.736. The average Bonchev–Trinajstić information content (AvgIpc) is 2.71. The molecule has 2 heterocycles. The van der Waals surface area contributed by atoms with Crippen LogP contribution >= 0.6 is 0 Å². The molecule has 0 bridgehead atoms. The van der Waals surface area contributed by atoms with Crippen LogP contribution in [0, 0.1) is 0 Å². The van der Waals surface area contributed by atoms with E-state index in [9.17, 15) is 4.79 Å². The number of rotatable bonds is 5. The van der Waals surface area contributed by atoms with E-state index in [0.29, 0.717) is 0 Å². The molecule has 2 saturated heterocycles. The third-order valence-electron chi connectivity index (χ3n) is 3.63. The van der Waals surface area contributed by atoms with Crippen molar-refractivity contribution in [1.29, 1.82) is 0 Å². The molecule has 2 fully saturated rings. The van der Waals surface area contributed by atoms with E-state index in [0.717, 1.165) is 32.5 Å². The van der Waals surface area contributed by atoms with Crippen LogP contribution in [0.4, 0.5) is 0 Å². The van der Waals surface area contributed by atoms with Crippen LogP contribution < -0.4 is 0 Å². The number of carbonyl (C=O) groups is 1. The first-order valence-corrected chi connectivity index (χ1v) is 5.74. The molecule has 2 aliphatic rings. The van der Waals surface area contributed by atoms with E-state index in [1.165, 1.54) is 6.42 Å². The number of ether oxygens (including phenoxy) is 2. The highest BCUT2D eigenvalue weighted by molar-refractivity contribution is 5.68. The van der Waals surface area contributed by atoms with Crippen LogP contribution in [0.25, 0.3) is 0 Å². The molecule has 0 radical (unpaired) electrons. The number of hydrogen-bond acceptors (Lipinski definition) is 4. The van der Waals surface area contributed by atoms with Crippen molar-refractivity contribution in [2.75, 3.05) is 33.4 Å². The van der Waals surface area contributed by atoms with E-state index < -0.39 is 5.97 Å². The Kier molecular flexibility index (Phi) is 3.47. The molecule has 0 aromatic heterocycles. The van der Waals surface area contributed by atoms with Crippen LogP contribution in [0.3, 0.4) is 0 Å². The predicted molar refractivity (Wildman–Crippen MR) is 57.4 cm³/mol. The van der Waals surface area contributed by atoms with Gasteiger partial charge in [0.05, 0.1) is 12.7 Å². The third kappa shape index (κ3) is 2.21. The van der Waals surface area contributed by atoms with Crippen molar-refractivity contribution in [3.05, 3.63) is 0 Å². The SMILES string of the molecule is COCC12CCCN1C[C@H](OCC(=O)O)C2. The van der Waals surface area contributed by atoms with Gasteiger partial charge in [-0.2, -0.15) is 0 Å². The number of methoxy groups -OCH3 is 1. The fourth-order valence-electron chi connectivity index (χ4n) is 3.04. The topological polar surface area (TPSA) is 59.0 Å². The summed E-state index contributed by atoms with van der Waals surface area (Å²) in [7, 11) is 1.72. The standard InChI is InChI=1S/C11H19NO4/c1-15-8-11-3-2-4-12(11)6-9(5-11)16-7-10(13)14/h9H,2-8H2,1H3,(H,13,14)/t9-,11?/m1/s1. The number of aliphatic carboxylic acids is 1. The first-order valence-electron chi connectivity index (χ1n) is 5.74. The van der Waals surface area contributed by atoms with Gasteiger partial charge in [-0.15, -0.1) is 0 Å². The number of nitrogens with zero attached hydrogens (tertiary/aromatic N) is 1. The first kappa shape index (κ1) is 11.8. The summed E-state index contributed by atoms with van der Waals surface area (Å²) in [5, 5.41) is 8.58. The molecule has 16 heavy (non-hydrogen) atoms. The predicted octanol–water partition coefficient (Wildman–Crippen LogP) is 0.341. The lowest BCUT2D eigenvalue weighted by Gasteiger charge is -2.30. The fourth-order valence-corrected chi connectivity index (χ4v) is 3.04. The van der Waals surface area contributed by atoms with Gasteiger partial charge in [-0.3, -0.25) is 4.90 Å². The van der Waals surface area contributed by atoms with Crippen LogP contribution in [0.5, 0.6) is 0 Å². The van der Waals surface area contributed by atoms with Crippen molar-refractivity contribution in [2.24, 2.45) is 0 Å². The molecule has 0 spiro atoms. The van der Waals surface area contributed by atoms with Crippen LogP contribution in [0.1, 0.15) is 19.3 Å². The molecule has 0 aliphatic carbocycles. The van der Waals surface area contributed by atoms with E-state index in [1.54, 1.807) is 7.11 Å². The van der Waals surface area contributed by atoms with Gasteiger partial charge in [-0.1, -0.05) is 0 Å². The Labute approximate surface area is 95.3 Å². The second-order valence-electron chi connectivity index (χ2n) is 4.74. The smallest absolute Gasteiger partial charge is 0.329 e. The monoisotopic (exact) mass is 229 g/mol. The fraction of sp³-hybridized carbons (Fsp3) is 0.909. The Bertz CT molecular complexity index is 271. The lowest BCUT2D eigenvalue weighted by Crippen LogP contribution is -2.42. The third-order valence-corrected chi connectivity index (χ3v) is 3.63. The molecule has 0 aromatic rings. The second-order valence-corrected chi connectivity index (χ2v) is 4.74. The second kappa shape index (κ2) is 4.69. The minimum absolute atomic E-state index is 0.0477. The van der Waals surface area contributed by atoms with Crippen molar-refractivity contribution in [3.63, 3.8) is 0 Å². The summed E-state index contributed by atoms with van der Waals surface area (Å²) in [5.41, 5.74) is 0.109. The maximum atomic E-state index is 10.4. The summed E-state index contributed by atoms with van der Waals surface area (Å²) in [4.78, 5) is 12.8. The van der Waals surface area contributed by atoms with Gasteiger partial charge in [-0.25, -0.2) is 4.79 Å². The van der Waals surface area contributed by atoms with Gasteiger partial charge in [0, 0.05) is 19.2 Å². The summed E-state index contributed by atoms with van der Waals surface area (Å²) in [5.74, 6) is -0.896. The molecule has 0 saturated carbocycles. The highest BCUT2D eigenvalue weighted by atomic mass is 16.5. The first-order chi connectivity index (χ1) is 7.66. The minimum Gasteiger partial charge on any atom is -0.480 e. The summed E-state index contributed by atoms with van der Waals surface area (Å²) in [6, 6.07) is 0. The summed E-state index contributed by atoms with van der Waals surface area (Å²) in [6.45, 7) is 2.45. The van der Waals surface area contributed by atoms with E-state index in [2.05, 4.69) is 4.90 Å². The molecule has 2 rings (SSSR count). The molecular formula is C11H19NO4. The van der Waals surface area contributed by atoms with Crippen molar-refractivity contribution in [1.82, 2.24) is 4.90 Å². The van der Waals surface area contributed by atoms with Crippen LogP contribution in [0.15, 0.2) is 0 Å². The number of fused-ring (bicyclic) bond motifs is 1. The molecule has 1 unspecified atom stereocenters. The largest absolute Gasteiger partial charge is 0.480 e. The van der Waals surface area contributed by atoms with Gasteiger partial charge in [-0.05, 0) is 25.8 Å². The molecule has 0 amide bonds. The van der Waals surface area contributed by atoms with Crippen molar-refractivity contribution in [2.45, 2.75) is 30.9 Å². The maximum Gasteiger partial charge on any atom is 0.329 e. The number of carboxylic acid groups (broad SMARTS) is 1. The average molecular weight is 229 g/mol. The van der Waals surface area contributed by atoms with Gasteiger partial charge >= 0.3 is 5.97 Å². The molecule has 0 aromatic carbocycles. The Morgan fingerprint density at radius 3 is 3.12 bits per heavy atom. The van der Waals surface area contributed by atoms with Gasteiger partial charge < -0.3 is 14.6 Å². The molecule has 2 aliphatic heterocycles. The zero-order chi connectivity index (χ0) is 11.6. The van der Waals surface area contributed by atoms with Crippen molar-refractivity contribution < 1.29 is 19.4 Å². The summed E-state index contributed by atoms with van der Waals surface area (Å²) < 4.78 is 10.7. The Morgan fingerprint density at radius 2 is 2.44 bits per heavy atom. The highest BCUT2D eigenvalue weighted by Crippen LogP contribution is 2.39. The van der Waals surface area contributed by atoms with Crippen molar-refractivity contribution >= 4 is 5.97 Å². The summed E-state index contributed by atoms with van der Waals surface area (Å²) in [6.07, 6.45) is 3.28. The lowest BCUT2D eigenvalue weighted by molar-refractivity contribution is -0.144. The van der Waals surface area contributed by atoms with Gasteiger partial charge in [0.2, 0.25) is 0 Å². The van der Waals surface area contributed by atoms with Crippen LogP contribution in [0.2, 0.25) is 0 Å². The molecule has 2 atom stereocenters. The number of hydrogen-bond donors (Lipinski definition) is 1. The Hall–Kier alpha value is -0.650. The van der Waals surface area contributed by atoms with Gasteiger partial charge in [0.1, 0.15) is 6.61 Å². The van der Waals surface area contributed by atoms with E-state index in [-0.39, 0.29) is 18.2 Å². The Morgan fingerprint density at radius 1 is 1.62 bits per heavy atom. The van der Waals surface area contributed by atoms with E-state index in [4.69, 9.17) is 14.6 Å². The van der Waals surface area contributed by atoms with E-state index in [1.807, 2.05) is 0 Å². The number of carboxylic acids is 1.